The zero-order valence-corrected chi connectivity index (χ0v) is 11.6. The maximum atomic E-state index is 5.53. The average Bonchev–Trinajstić information content (AvgIpc) is 3.22. The van der Waals surface area contributed by atoms with Crippen LogP contribution in [-0.2, 0) is 4.74 Å². The summed E-state index contributed by atoms with van der Waals surface area (Å²) in [4.78, 5) is 2.79. The molecule has 1 saturated heterocycles. The van der Waals surface area contributed by atoms with Gasteiger partial charge in [0, 0.05) is 32.3 Å². The molecule has 98 valence electrons. The van der Waals surface area contributed by atoms with E-state index in [4.69, 9.17) is 4.74 Å². The Labute approximate surface area is 110 Å². The minimum Gasteiger partial charge on any atom is -0.381 e. The van der Waals surface area contributed by atoms with Gasteiger partial charge in [-0.1, -0.05) is 0 Å². The van der Waals surface area contributed by atoms with Crippen LogP contribution in [0.2, 0.25) is 0 Å². The summed E-state index contributed by atoms with van der Waals surface area (Å²) in [6.07, 6.45) is 8.24. The van der Waals surface area contributed by atoms with Crippen molar-refractivity contribution in [1.29, 1.82) is 0 Å². The average molecular weight is 255 g/mol. The Hall–Kier alpha value is 0.270. The van der Waals surface area contributed by atoms with Gasteiger partial charge in [-0.15, -0.1) is 0 Å². The van der Waals surface area contributed by atoms with E-state index in [0.717, 1.165) is 30.9 Å². The fraction of sp³-hybridized carbons (Fsp3) is 1.00. The molecule has 3 heteroatoms. The minimum absolute atomic E-state index is 0.443. The van der Waals surface area contributed by atoms with Crippen LogP contribution in [-0.4, -0.2) is 43.0 Å². The zero-order valence-electron chi connectivity index (χ0n) is 10.7. The first-order chi connectivity index (χ1) is 8.31. The van der Waals surface area contributed by atoms with E-state index in [0.29, 0.717) is 5.41 Å². The normalized spacial score (nSPS) is 28.6. The maximum Gasteiger partial charge on any atom is 0.0472 e. The second-order valence-electron chi connectivity index (χ2n) is 6.37. The van der Waals surface area contributed by atoms with Crippen molar-refractivity contribution in [2.24, 2.45) is 11.3 Å². The molecule has 2 saturated carbocycles. The van der Waals surface area contributed by atoms with Crippen molar-refractivity contribution in [2.75, 3.05) is 32.1 Å². The molecule has 17 heavy (non-hydrogen) atoms. The van der Waals surface area contributed by atoms with E-state index in [1.54, 1.807) is 0 Å². The fourth-order valence-corrected chi connectivity index (χ4v) is 3.43. The van der Waals surface area contributed by atoms with Crippen molar-refractivity contribution in [2.45, 2.75) is 44.6 Å². The van der Waals surface area contributed by atoms with Gasteiger partial charge < -0.3 is 4.74 Å². The molecule has 1 aliphatic heterocycles. The highest BCUT2D eigenvalue weighted by Gasteiger charge is 2.39. The van der Waals surface area contributed by atoms with Gasteiger partial charge in [-0.3, -0.25) is 4.90 Å². The Balaban J connectivity index is 1.60. The molecule has 0 radical (unpaired) electrons. The SMILES string of the molecule is SCC1(CN(CC2CC2)C2CC2)CCOCC1. The molecule has 3 aliphatic rings. The molecule has 0 spiro atoms. The Bertz CT molecular complexity index is 257. The van der Waals surface area contributed by atoms with Crippen LogP contribution >= 0.6 is 12.6 Å². The molecule has 1 heterocycles. The first-order valence-corrected chi connectivity index (χ1v) is 7.87. The lowest BCUT2D eigenvalue weighted by atomic mass is 9.81. The Morgan fingerprint density at radius 1 is 1.12 bits per heavy atom. The lowest BCUT2D eigenvalue weighted by Crippen LogP contribution is -2.44. The summed E-state index contributed by atoms with van der Waals surface area (Å²) in [6.45, 7) is 4.53. The molecular formula is C14H25NOS. The molecule has 0 N–H and O–H groups in total. The van der Waals surface area contributed by atoms with Gasteiger partial charge in [0.05, 0.1) is 0 Å². The van der Waals surface area contributed by atoms with Crippen LogP contribution in [0, 0.1) is 11.3 Å². The van der Waals surface area contributed by atoms with Gasteiger partial charge in [0.15, 0.2) is 0 Å². The van der Waals surface area contributed by atoms with E-state index >= 15 is 0 Å². The molecule has 0 aromatic carbocycles. The molecule has 3 rings (SSSR count). The predicted octanol–water partition coefficient (Wildman–Crippen LogP) is 2.59. The first kappa shape index (κ1) is 12.3. The van der Waals surface area contributed by atoms with Crippen LogP contribution in [0.4, 0.5) is 0 Å². The van der Waals surface area contributed by atoms with E-state index in [9.17, 15) is 0 Å². The Morgan fingerprint density at radius 2 is 1.82 bits per heavy atom. The van der Waals surface area contributed by atoms with Crippen molar-refractivity contribution in [3.63, 3.8) is 0 Å². The van der Waals surface area contributed by atoms with E-state index in [-0.39, 0.29) is 0 Å². The molecule has 2 nitrogen and oxygen atoms in total. The summed E-state index contributed by atoms with van der Waals surface area (Å²) in [7, 11) is 0. The van der Waals surface area contributed by atoms with E-state index in [1.165, 1.54) is 51.6 Å². The third-order valence-electron chi connectivity index (χ3n) is 4.68. The number of hydrogen-bond donors (Lipinski definition) is 1. The van der Waals surface area contributed by atoms with E-state index in [1.807, 2.05) is 0 Å². The fourth-order valence-electron chi connectivity index (χ4n) is 3.02. The van der Waals surface area contributed by atoms with Crippen LogP contribution < -0.4 is 0 Å². The lowest BCUT2D eigenvalue weighted by molar-refractivity contribution is 0.00551. The molecule has 0 aromatic rings. The maximum absolute atomic E-state index is 5.53. The summed E-state index contributed by atoms with van der Waals surface area (Å²) in [5.41, 5.74) is 0.443. The molecule has 0 atom stereocenters. The first-order valence-electron chi connectivity index (χ1n) is 7.24. The number of ether oxygens (including phenoxy) is 1. The van der Waals surface area contributed by atoms with Gasteiger partial charge in [0.1, 0.15) is 0 Å². The van der Waals surface area contributed by atoms with Crippen molar-refractivity contribution < 1.29 is 4.74 Å². The van der Waals surface area contributed by atoms with Gasteiger partial charge in [-0.25, -0.2) is 0 Å². The summed E-state index contributed by atoms with van der Waals surface area (Å²) >= 11 is 4.64. The van der Waals surface area contributed by atoms with Crippen LogP contribution in [0.3, 0.4) is 0 Å². The van der Waals surface area contributed by atoms with E-state index < -0.39 is 0 Å². The van der Waals surface area contributed by atoms with Crippen molar-refractivity contribution >= 4 is 12.6 Å². The van der Waals surface area contributed by atoms with Gasteiger partial charge >= 0.3 is 0 Å². The number of rotatable bonds is 6. The van der Waals surface area contributed by atoms with Crippen LogP contribution in [0.1, 0.15) is 38.5 Å². The molecule has 2 aliphatic carbocycles. The van der Waals surface area contributed by atoms with Crippen molar-refractivity contribution in [1.82, 2.24) is 4.90 Å². The summed E-state index contributed by atoms with van der Waals surface area (Å²) in [6, 6.07) is 0.912. The highest BCUT2D eigenvalue weighted by atomic mass is 32.1. The van der Waals surface area contributed by atoms with Gasteiger partial charge in [0.25, 0.3) is 0 Å². The quantitative estimate of drug-likeness (QED) is 0.732. The standard InChI is InChI=1S/C14H25NOS/c17-11-14(5-7-16-8-6-14)10-15(13-3-4-13)9-12-1-2-12/h12-13,17H,1-11H2. The minimum atomic E-state index is 0.443. The van der Waals surface area contributed by atoms with Crippen molar-refractivity contribution in [3.8, 4) is 0 Å². The molecule has 0 unspecified atom stereocenters. The zero-order chi connectivity index (χ0) is 11.7. The summed E-state index contributed by atoms with van der Waals surface area (Å²) in [5, 5.41) is 0. The second-order valence-corrected chi connectivity index (χ2v) is 6.69. The molecule has 0 amide bonds. The number of hydrogen-bond acceptors (Lipinski definition) is 3. The largest absolute Gasteiger partial charge is 0.381 e. The second kappa shape index (κ2) is 5.10. The Morgan fingerprint density at radius 3 is 2.35 bits per heavy atom. The Kier molecular flexibility index (Phi) is 3.69. The van der Waals surface area contributed by atoms with Gasteiger partial charge in [0.2, 0.25) is 0 Å². The van der Waals surface area contributed by atoms with Crippen LogP contribution in [0.15, 0.2) is 0 Å². The van der Waals surface area contributed by atoms with Crippen molar-refractivity contribution in [3.05, 3.63) is 0 Å². The third-order valence-corrected chi connectivity index (χ3v) is 5.35. The number of thiol groups is 1. The van der Waals surface area contributed by atoms with Gasteiger partial charge in [-0.2, -0.15) is 12.6 Å². The molecule has 0 aromatic heterocycles. The van der Waals surface area contributed by atoms with Gasteiger partial charge in [-0.05, 0) is 55.6 Å². The highest BCUT2D eigenvalue weighted by molar-refractivity contribution is 7.80. The topological polar surface area (TPSA) is 12.5 Å². The monoisotopic (exact) mass is 255 g/mol. The lowest BCUT2D eigenvalue weighted by Gasteiger charge is -2.40. The smallest absolute Gasteiger partial charge is 0.0472 e. The van der Waals surface area contributed by atoms with E-state index in [2.05, 4.69) is 17.5 Å². The molecule has 3 fully saturated rings. The number of nitrogens with zero attached hydrogens (tertiary/aromatic N) is 1. The molecular weight excluding hydrogens is 230 g/mol. The summed E-state index contributed by atoms with van der Waals surface area (Å²) in [5.74, 6) is 2.05. The van der Waals surface area contributed by atoms with Crippen LogP contribution in [0.5, 0.6) is 0 Å². The molecule has 0 bridgehead atoms. The van der Waals surface area contributed by atoms with Crippen LogP contribution in [0.25, 0.3) is 0 Å². The predicted molar refractivity (Wildman–Crippen MR) is 73.7 cm³/mol. The summed E-state index contributed by atoms with van der Waals surface area (Å²) < 4.78 is 5.53. The highest BCUT2D eigenvalue weighted by Crippen LogP contribution is 2.39. The third kappa shape index (κ3) is 3.18.